The van der Waals surface area contributed by atoms with Crippen molar-refractivity contribution in [3.05, 3.63) is 29.3 Å². The van der Waals surface area contributed by atoms with E-state index in [9.17, 15) is 9.90 Å². The van der Waals surface area contributed by atoms with E-state index >= 15 is 0 Å². The van der Waals surface area contributed by atoms with Gasteiger partial charge in [-0.2, -0.15) is 0 Å². The lowest BCUT2D eigenvalue weighted by Gasteiger charge is -2.35. The van der Waals surface area contributed by atoms with Crippen LogP contribution in [0.3, 0.4) is 0 Å². The zero-order valence-electron chi connectivity index (χ0n) is 11.0. The molecular formula is C14H19ClN2O2. The SMILES string of the molecule is CN(C(=O)Nc1cccc(Cl)c1)[C@H]1CCCC[C@@H]1O. The van der Waals surface area contributed by atoms with Gasteiger partial charge in [-0.15, -0.1) is 0 Å². The molecule has 0 saturated heterocycles. The van der Waals surface area contributed by atoms with Crippen molar-refractivity contribution in [3.63, 3.8) is 0 Å². The molecule has 1 saturated carbocycles. The fourth-order valence-corrected chi connectivity index (χ4v) is 2.66. The van der Waals surface area contributed by atoms with Crippen molar-refractivity contribution < 1.29 is 9.90 Å². The lowest BCUT2D eigenvalue weighted by atomic mass is 9.92. The molecule has 1 aliphatic carbocycles. The number of nitrogens with zero attached hydrogens (tertiary/aromatic N) is 1. The lowest BCUT2D eigenvalue weighted by Crippen LogP contribution is -2.47. The number of urea groups is 1. The average molecular weight is 283 g/mol. The maximum atomic E-state index is 12.1. The van der Waals surface area contributed by atoms with Crippen LogP contribution in [0, 0.1) is 0 Å². The Bertz CT molecular complexity index is 453. The van der Waals surface area contributed by atoms with E-state index in [0.717, 1.165) is 25.7 Å². The molecule has 4 nitrogen and oxygen atoms in total. The number of aliphatic hydroxyl groups is 1. The number of halogens is 1. The second-order valence-corrected chi connectivity index (χ2v) is 5.41. The molecule has 0 aromatic heterocycles. The smallest absolute Gasteiger partial charge is 0.321 e. The number of nitrogens with one attached hydrogen (secondary N) is 1. The number of benzene rings is 1. The van der Waals surface area contributed by atoms with Crippen LogP contribution in [-0.4, -0.2) is 35.2 Å². The molecule has 0 aliphatic heterocycles. The van der Waals surface area contributed by atoms with E-state index in [0.29, 0.717) is 10.7 Å². The van der Waals surface area contributed by atoms with Gasteiger partial charge in [0.05, 0.1) is 12.1 Å². The Kier molecular flexibility index (Phi) is 4.66. The van der Waals surface area contributed by atoms with Gasteiger partial charge in [0, 0.05) is 17.8 Å². The molecular weight excluding hydrogens is 264 g/mol. The molecule has 0 radical (unpaired) electrons. The third-order valence-electron chi connectivity index (χ3n) is 3.59. The van der Waals surface area contributed by atoms with E-state index in [1.54, 1.807) is 36.2 Å². The lowest BCUT2D eigenvalue weighted by molar-refractivity contribution is 0.0494. The molecule has 5 heteroatoms. The van der Waals surface area contributed by atoms with Crippen LogP contribution in [0.5, 0.6) is 0 Å². The monoisotopic (exact) mass is 282 g/mol. The third-order valence-corrected chi connectivity index (χ3v) is 3.82. The van der Waals surface area contributed by atoms with E-state index in [1.807, 2.05) is 0 Å². The van der Waals surface area contributed by atoms with Crippen LogP contribution in [0.2, 0.25) is 5.02 Å². The second kappa shape index (κ2) is 6.26. The van der Waals surface area contributed by atoms with Crippen molar-refractivity contribution in [1.29, 1.82) is 0 Å². The summed E-state index contributed by atoms with van der Waals surface area (Å²) in [4.78, 5) is 13.7. The van der Waals surface area contributed by atoms with Gasteiger partial charge in [-0.05, 0) is 31.0 Å². The Morgan fingerprint density at radius 1 is 1.42 bits per heavy atom. The third kappa shape index (κ3) is 3.61. The summed E-state index contributed by atoms with van der Waals surface area (Å²) in [6.45, 7) is 0. The molecule has 1 aromatic carbocycles. The average Bonchev–Trinajstić information content (AvgIpc) is 2.38. The molecule has 2 amide bonds. The van der Waals surface area contributed by atoms with E-state index in [4.69, 9.17) is 11.6 Å². The molecule has 1 aromatic rings. The Morgan fingerprint density at radius 2 is 2.16 bits per heavy atom. The molecule has 2 rings (SSSR count). The van der Waals surface area contributed by atoms with Crippen molar-refractivity contribution in [2.24, 2.45) is 0 Å². The highest BCUT2D eigenvalue weighted by atomic mass is 35.5. The van der Waals surface area contributed by atoms with Crippen LogP contribution in [0.25, 0.3) is 0 Å². The number of amides is 2. The van der Waals surface area contributed by atoms with Crippen LogP contribution < -0.4 is 5.32 Å². The summed E-state index contributed by atoms with van der Waals surface area (Å²) in [6, 6.07) is 6.71. The van der Waals surface area contributed by atoms with Crippen LogP contribution >= 0.6 is 11.6 Å². The van der Waals surface area contributed by atoms with E-state index in [2.05, 4.69) is 5.32 Å². The number of hydrogen-bond acceptors (Lipinski definition) is 2. The minimum atomic E-state index is -0.427. The number of likely N-dealkylation sites (N-methyl/N-ethyl adjacent to an activating group) is 1. The second-order valence-electron chi connectivity index (χ2n) is 4.97. The fraction of sp³-hybridized carbons (Fsp3) is 0.500. The normalized spacial score (nSPS) is 22.9. The molecule has 2 N–H and O–H groups in total. The van der Waals surface area contributed by atoms with Gasteiger partial charge in [0.1, 0.15) is 0 Å². The summed E-state index contributed by atoms with van der Waals surface area (Å²) in [5.41, 5.74) is 0.662. The minimum absolute atomic E-state index is 0.104. The molecule has 1 fully saturated rings. The van der Waals surface area contributed by atoms with Gasteiger partial charge in [-0.1, -0.05) is 30.5 Å². The van der Waals surface area contributed by atoms with Crippen molar-refractivity contribution in [2.75, 3.05) is 12.4 Å². The van der Waals surface area contributed by atoms with Gasteiger partial charge in [0.2, 0.25) is 0 Å². The highest BCUT2D eigenvalue weighted by molar-refractivity contribution is 6.30. The van der Waals surface area contributed by atoms with Gasteiger partial charge >= 0.3 is 6.03 Å². The van der Waals surface area contributed by atoms with Crippen molar-refractivity contribution in [3.8, 4) is 0 Å². The molecule has 2 atom stereocenters. The topological polar surface area (TPSA) is 52.6 Å². The number of rotatable bonds is 2. The largest absolute Gasteiger partial charge is 0.391 e. The van der Waals surface area contributed by atoms with Crippen LogP contribution in [0.1, 0.15) is 25.7 Å². The van der Waals surface area contributed by atoms with Gasteiger partial charge in [0.15, 0.2) is 0 Å². The molecule has 0 heterocycles. The number of carbonyl (C=O) groups is 1. The first-order valence-electron chi connectivity index (χ1n) is 6.55. The summed E-state index contributed by atoms with van der Waals surface area (Å²) in [5, 5.41) is 13.3. The predicted octanol–water partition coefficient (Wildman–Crippen LogP) is 3.11. The summed E-state index contributed by atoms with van der Waals surface area (Å²) in [5.74, 6) is 0. The molecule has 1 aliphatic rings. The van der Waals surface area contributed by atoms with Crippen LogP contribution in [0.15, 0.2) is 24.3 Å². The maximum absolute atomic E-state index is 12.1. The van der Waals surface area contributed by atoms with Crippen molar-refractivity contribution in [1.82, 2.24) is 4.90 Å². The maximum Gasteiger partial charge on any atom is 0.321 e. The van der Waals surface area contributed by atoms with Gasteiger partial charge in [-0.3, -0.25) is 0 Å². The number of anilines is 1. The molecule has 0 unspecified atom stereocenters. The van der Waals surface area contributed by atoms with Gasteiger partial charge in [0.25, 0.3) is 0 Å². The number of aliphatic hydroxyl groups excluding tert-OH is 1. The standard InChI is InChI=1S/C14H19ClN2O2/c1-17(12-7-2-3-8-13(12)18)14(19)16-11-6-4-5-10(15)9-11/h4-6,9,12-13,18H,2-3,7-8H2,1H3,(H,16,19)/t12-,13-/m0/s1. The zero-order chi connectivity index (χ0) is 13.8. The molecule has 19 heavy (non-hydrogen) atoms. The molecule has 0 spiro atoms. The van der Waals surface area contributed by atoms with E-state index < -0.39 is 6.10 Å². The summed E-state index contributed by atoms with van der Waals surface area (Å²) in [6.07, 6.45) is 3.27. The van der Waals surface area contributed by atoms with Crippen molar-refractivity contribution in [2.45, 2.75) is 37.8 Å². The van der Waals surface area contributed by atoms with Gasteiger partial charge < -0.3 is 15.3 Å². The Balaban J connectivity index is 1.99. The highest BCUT2D eigenvalue weighted by Gasteiger charge is 2.29. The first-order valence-corrected chi connectivity index (χ1v) is 6.93. The Morgan fingerprint density at radius 3 is 2.84 bits per heavy atom. The zero-order valence-corrected chi connectivity index (χ0v) is 11.7. The van der Waals surface area contributed by atoms with Crippen molar-refractivity contribution >= 4 is 23.3 Å². The van der Waals surface area contributed by atoms with Gasteiger partial charge in [-0.25, -0.2) is 4.79 Å². The molecule has 104 valence electrons. The highest BCUT2D eigenvalue weighted by Crippen LogP contribution is 2.23. The number of hydrogen-bond donors (Lipinski definition) is 2. The first-order chi connectivity index (χ1) is 9.08. The van der Waals surface area contributed by atoms with Crippen LogP contribution in [0.4, 0.5) is 10.5 Å². The van der Waals surface area contributed by atoms with Crippen LogP contribution in [-0.2, 0) is 0 Å². The predicted molar refractivity (Wildman–Crippen MR) is 76.5 cm³/mol. The molecule has 0 bridgehead atoms. The summed E-state index contributed by atoms with van der Waals surface area (Å²) in [7, 11) is 1.72. The fourth-order valence-electron chi connectivity index (χ4n) is 2.47. The van der Waals surface area contributed by atoms with E-state index in [1.165, 1.54) is 0 Å². The minimum Gasteiger partial charge on any atom is -0.391 e. The Hall–Kier alpha value is -1.26. The summed E-state index contributed by atoms with van der Waals surface area (Å²) < 4.78 is 0. The first kappa shape index (κ1) is 14.2. The Labute approximate surface area is 118 Å². The summed E-state index contributed by atoms with van der Waals surface area (Å²) >= 11 is 5.87. The van der Waals surface area contributed by atoms with E-state index in [-0.39, 0.29) is 12.1 Å². The number of carbonyl (C=O) groups excluding carboxylic acids is 1. The quantitative estimate of drug-likeness (QED) is 0.876.